The summed E-state index contributed by atoms with van der Waals surface area (Å²) in [5, 5.41) is 5.86. The summed E-state index contributed by atoms with van der Waals surface area (Å²) in [6.07, 6.45) is 0.0934. The Labute approximate surface area is 167 Å². The minimum absolute atomic E-state index is 0.0606. The number of aliphatic imine (C=N–C) groups is 1. The van der Waals surface area contributed by atoms with E-state index in [1.807, 2.05) is 56.3 Å². The fourth-order valence-electron chi connectivity index (χ4n) is 3.65. The lowest BCUT2D eigenvalue weighted by molar-refractivity contribution is -0.122. The van der Waals surface area contributed by atoms with Crippen LogP contribution in [-0.4, -0.2) is 39.7 Å². The summed E-state index contributed by atoms with van der Waals surface area (Å²) in [7, 11) is 0. The number of carbonyl (C=O) groups is 2. The van der Waals surface area contributed by atoms with Crippen LogP contribution in [0.5, 0.6) is 0 Å². The molecule has 1 unspecified atom stereocenters. The van der Waals surface area contributed by atoms with Crippen LogP contribution in [0, 0.1) is 13.8 Å². The van der Waals surface area contributed by atoms with Gasteiger partial charge in [-0.1, -0.05) is 29.8 Å². The molecule has 1 aliphatic rings. The molecule has 2 heterocycles. The van der Waals surface area contributed by atoms with Gasteiger partial charge < -0.3 is 16.0 Å². The van der Waals surface area contributed by atoms with E-state index in [1.165, 1.54) is 0 Å². The van der Waals surface area contributed by atoms with Gasteiger partial charge in [0.25, 0.3) is 5.91 Å². The zero-order valence-electron chi connectivity index (χ0n) is 16.2. The zero-order valence-corrected chi connectivity index (χ0v) is 16.2. The number of hydrogen-bond acceptors (Lipinski definition) is 5. The van der Waals surface area contributed by atoms with E-state index in [2.05, 4.69) is 25.6 Å². The number of para-hydroxylation sites is 2. The van der Waals surface area contributed by atoms with Crippen LogP contribution in [0.4, 0.5) is 5.69 Å². The average Bonchev–Trinajstić information content (AvgIpc) is 3.28. The largest absolute Gasteiger partial charge is 0.368 e. The van der Waals surface area contributed by atoms with Gasteiger partial charge in [0.1, 0.15) is 11.5 Å². The molecule has 8 nitrogen and oxygen atoms in total. The number of fused-ring (bicyclic) bond motifs is 1. The number of primary amides is 1. The summed E-state index contributed by atoms with van der Waals surface area (Å²) in [5.74, 6) is -0.590. The topological polar surface area (TPSA) is 125 Å². The predicted molar refractivity (Wildman–Crippen MR) is 112 cm³/mol. The fourth-order valence-corrected chi connectivity index (χ4v) is 3.65. The SMILES string of the molecule is Cc1ccc(NC(=O)C2=NCNC2(Cc2nc3ccccc3[nH]2)C(N)=O)c(C)c1. The summed E-state index contributed by atoms with van der Waals surface area (Å²) in [4.78, 5) is 37.4. The summed E-state index contributed by atoms with van der Waals surface area (Å²) in [6, 6.07) is 13.3. The second kappa shape index (κ2) is 7.14. The van der Waals surface area contributed by atoms with E-state index in [0.717, 1.165) is 22.2 Å². The molecule has 148 valence electrons. The number of benzene rings is 2. The van der Waals surface area contributed by atoms with Crippen molar-refractivity contribution in [3.8, 4) is 0 Å². The van der Waals surface area contributed by atoms with Gasteiger partial charge in [-0.25, -0.2) is 4.98 Å². The van der Waals surface area contributed by atoms with Crippen molar-refractivity contribution in [2.24, 2.45) is 10.7 Å². The molecule has 29 heavy (non-hydrogen) atoms. The predicted octanol–water partition coefficient (Wildman–Crippen LogP) is 1.59. The van der Waals surface area contributed by atoms with Crippen molar-refractivity contribution < 1.29 is 9.59 Å². The molecule has 3 aromatic rings. The third-order valence-corrected chi connectivity index (χ3v) is 5.16. The van der Waals surface area contributed by atoms with E-state index in [0.29, 0.717) is 11.5 Å². The quantitative estimate of drug-likeness (QED) is 0.528. The molecule has 8 heteroatoms. The van der Waals surface area contributed by atoms with E-state index in [4.69, 9.17) is 5.73 Å². The van der Waals surface area contributed by atoms with Crippen molar-refractivity contribution in [3.63, 3.8) is 0 Å². The van der Waals surface area contributed by atoms with Crippen molar-refractivity contribution in [1.29, 1.82) is 0 Å². The number of nitrogens with two attached hydrogens (primary N) is 1. The lowest BCUT2D eigenvalue weighted by Crippen LogP contribution is -2.62. The molecule has 0 fully saturated rings. The lowest BCUT2D eigenvalue weighted by atomic mass is 9.88. The molecule has 5 N–H and O–H groups in total. The lowest BCUT2D eigenvalue weighted by Gasteiger charge is -2.26. The van der Waals surface area contributed by atoms with Crippen molar-refractivity contribution in [2.75, 3.05) is 12.0 Å². The molecule has 2 aromatic carbocycles. The summed E-state index contributed by atoms with van der Waals surface area (Å²) in [5.41, 5.74) is 8.67. The summed E-state index contributed by atoms with van der Waals surface area (Å²) in [6.45, 7) is 4.01. The van der Waals surface area contributed by atoms with E-state index in [-0.39, 0.29) is 18.8 Å². The molecule has 0 saturated carbocycles. The first-order valence-corrected chi connectivity index (χ1v) is 9.31. The molecular weight excluding hydrogens is 368 g/mol. The highest BCUT2D eigenvalue weighted by atomic mass is 16.2. The Bertz CT molecular complexity index is 1120. The third-order valence-electron chi connectivity index (χ3n) is 5.16. The number of amides is 2. The number of anilines is 1. The Morgan fingerprint density at radius 1 is 1.21 bits per heavy atom. The standard InChI is InChI=1S/C21H22N6O2/c1-12-7-8-14(13(2)9-12)27-19(28)18-21(20(22)29,24-11-23-18)10-17-25-15-5-3-4-6-16(15)26-17/h3-9,24H,10-11H2,1-2H3,(H2,22,29)(H,25,26)(H,27,28). The number of H-pyrrole nitrogens is 1. The molecule has 1 aromatic heterocycles. The fraction of sp³-hybridized carbons (Fsp3) is 0.238. The summed E-state index contributed by atoms with van der Waals surface area (Å²) >= 11 is 0. The number of nitrogens with one attached hydrogen (secondary N) is 3. The molecule has 0 bridgehead atoms. The van der Waals surface area contributed by atoms with Crippen LogP contribution in [0.3, 0.4) is 0 Å². The Morgan fingerprint density at radius 2 is 2.00 bits per heavy atom. The van der Waals surface area contributed by atoms with Crippen LogP contribution in [0.15, 0.2) is 47.5 Å². The van der Waals surface area contributed by atoms with Crippen molar-refractivity contribution >= 4 is 34.2 Å². The highest BCUT2D eigenvalue weighted by molar-refractivity contribution is 6.50. The van der Waals surface area contributed by atoms with Crippen LogP contribution in [0.1, 0.15) is 17.0 Å². The van der Waals surface area contributed by atoms with Gasteiger partial charge in [0.05, 0.1) is 17.7 Å². The molecular formula is C21H22N6O2. The average molecular weight is 390 g/mol. The Hall–Kier alpha value is -3.52. The van der Waals surface area contributed by atoms with E-state index in [1.54, 1.807) is 0 Å². The molecule has 4 rings (SSSR count). The Balaban J connectivity index is 1.64. The highest BCUT2D eigenvalue weighted by Gasteiger charge is 2.48. The van der Waals surface area contributed by atoms with Crippen molar-refractivity contribution in [3.05, 3.63) is 59.4 Å². The van der Waals surface area contributed by atoms with Gasteiger partial charge in [-0.05, 0) is 37.6 Å². The summed E-state index contributed by atoms with van der Waals surface area (Å²) < 4.78 is 0. The van der Waals surface area contributed by atoms with Gasteiger partial charge in [-0.3, -0.25) is 19.9 Å². The monoisotopic (exact) mass is 390 g/mol. The Kier molecular flexibility index (Phi) is 4.63. The maximum Gasteiger partial charge on any atom is 0.272 e. The molecule has 1 atom stereocenters. The number of carbonyl (C=O) groups excluding carboxylic acids is 2. The molecule has 0 spiro atoms. The second-order valence-electron chi connectivity index (χ2n) is 7.26. The van der Waals surface area contributed by atoms with Gasteiger partial charge in [-0.2, -0.15) is 0 Å². The van der Waals surface area contributed by atoms with Crippen molar-refractivity contribution in [1.82, 2.24) is 15.3 Å². The molecule has 1 aliphatic heterocycles. The number of hydrogen-bond donors (Lipinski definition) is 4. The third kappa shape index (κ3) is 3.38. The molecule has 0 aliphatic carbocycles. The van der Waals surface area contributed by atoms with E-state index < -0.39 is 17.4 Å². The van der Waals surface area contributed by atoms with Gasteiger partial charge in [0, 0.05) is 12.1 Å². The van der Waals surface area contributed by atoms with Crippen LogP contribution in [-0.2, 0) is 16.0 Å². The van der Waals surface area contributed by atoms with Crippen LogP contribution in [0.2, 0.25) is 0 Å². The zero-order chi connectivity index (χ0) is 20.6. The molecule has 0 radical (unpaired) electrons. The van der Waals surface area contributed by atoms with Gasteiger partial charge in [0.15, 0.2) is 5.54 Å². The molecule has 0 saturated heterocycles. The number of rotatable bonds is 5. The Morgan fingerprint density at radius 3 is 2.72 bits per heavy atom. The van der Waals surface area contributed by atoms with E-state index >= 15 is 0 Å². The number of aromatic amines is 1. The van der Waals surface area contributed by atoms with Gasteiger partial charge in [0.2, 0.25) is 5.91 Å². The number of aryl methyl sites for hydroxylation is 2. The van der Waals surface area contributed by atoms with Crippen LogP contribution < -0.4 is 16.4 Å². The number of aromatic nitrogens is 2. The van der Waals surface area contributed by atoms with Gasteiger partial charge >= 0.3 is 0 Å². The van der Waals surface area contributed by atoms with Crippen molar-refractivity contribution in [2.45, 2.75) is 25.8 Å². The highest BCUT2D eigenvalue weighted by Crippen LogP contribution is 2.23. The molecule has 2 amide bonds. The van der Waals surface area contributed by atoms with Gasteiger partial charge in [-0.15, -0.1) is 0 Å². The maximum atomic E-state index is 13.0. The normalized spacial score (nSPS) is 18.6. The second-order valence-corrected chi connectivity index (χ2v) is 7.26. The number of nitrogens with zero attached hydrogens (tertiary/aromatic N) is 2. The smallest absolute Gasteiger partial charge is 0.272 e. The minimum Gasteiger partial charge on any atom is -0.368 e. The first-order valence-electron chi connectivity index (χ1n) is 9.31. The van der Waals surface area contributed by atoms with Crippen LogP contribution >= 0.6 is 0 Å². The van der Waals surface area contributed by atoms with Crippen LogP contribution in [0.25, 0.3) is 11.0 Å². The minimum atomic E-state index is -1.43. The van der Waals surface area contributed by atoms with E-state index in [9.17, 15) is 9.59 Å². The first-order chi connectivity index (χ1) is 13.9. The first kappa shape index (κ1) is 18.8. The maximum absolute atomic E-state index is 13.0. The number of imidazole rings is 1.